The predicted octanol–water partition coefficient (Wildman–Crippen LogP) is 3.73. The van der Waals surface area contributed by atoms with E-state index in [1.54, 1.807) is 0 Å². The van der Waals surface area contributed by atoms with Crippen molar-refractivity contribution in [3.8, 4) is 0 Å². The van der Waals surface area contributed by atoms with Crippen LogP contribution in [-0.4, -0.2) is 30.8 Å². The maximum atomic E-state index is 12.1. The molecule has 2 rings (SSSR count). The van der Waals surface area contributed by atoms with Crippen molar-refractivity contribution in [3.63, 3.8) is 0 Å². The molecule has 0 aromatic heterocycles. The lowest BCUT2D eigenvalue weighted by molar-refractivity contribution is -0.122. The van der Waals surface area contributed by atoms with Gasteiger partial charge in [0.1, 0.15) is 0 Å². The molecule has 0 saturated carbocycles. The Labute approximate surface area is 150 Å². The van der Waals surface area contributed by atoms with Crippen molar-refractivity contribution in [2.45, 2.75) is 43.3 Å². The number of benzene rings is 1. The lowest BCUT2D eigenvalue weighted by atomic mass is 9.84. The van der Waals surface area contributed by atoms with Crippen LogP contribution in [0.3, 0.4) is 0 Å². The van der Waals surface area contributed by atoms with E-state index in [2.05, 4.69) is 36.6 Å². The van der Waals surface area contributed by atoms with E-state index in [1.165, 1.54) is 17.7 Å². The van der Waals surface area contributed by atoms with Crippen LogP contribution in [0.25, 0.3) is 0 Å². The molecule has 0 spiro atoms. The number of carbonyl (C=O) groups is 1. The molecule has 2 N–H and O–H groups in total. The van der Waals surface area contributed by atoms with Gasteiger partial charge in [-0.1, -0.05) is 32.0 Å². The number of hydrogen-bond acceptors (Lipinski definition) is 3. The fourth-order valence-corrected chi connectivity index (χ4v) is 3.92. The number of hydrogen-bond donors (Lipinski definition) is 2. The number of amides is 1. The molecule has 1 heterocycles. The number of carbonyl (C=O) groups excluding carboxylic acids is 1. The molecule has 1 aliphatic heterocycles. The first-order valence-electron chi connectivity index (χ1n) is 8.34. The molecule has 23 heavy (non-hydrogen) atoms. The van der Waals surface area contributed by atoms with Gasteiger partial charge in [0.25, 0.3) is 0 Å². The lowest BCUT2D eigenvalue weighted by Gasteiger charge is -2.28. The third-order valence-corrected chi connectivity index (χ3v) is 5.48. The van der Waals surface area contributed by atoms with Crippen LogP contribution in [0.5, 0.6) is 0 Å². The topological polar surface area (TPSA) is 41.1 Å². The lowest BCUT2D eigenvalue weighted by Crippen LogP contribution is -2.35. The quantitative estimate of drug-likeness (QED) is 0.731. The number of rotatable bonds is 7. The molecule has 0 radical (unpaired) electrons. The summed E-state index contributed by atoms with van der Waals surface area (Å²) >= 11 is 1.81. The van der Waals surface area contributed by atoms with Crippen molar-refractivity contribution in [2.75, 3.05) is 19.6 Å². The van der Waals surface area contributed by atoms with Gasteiger partial charge in [-0.3, -0.25) is 4.79 Å². The fraction of sp³-hybridized carbons (Fsp3) is 0.611. The first kappa shape index (κ1) is 20.3. The highest BCUT2D eigenvalue weighted by molar-refractivity contribution is 8.00. The second-order valence-electron chi connectivity index (χ2n) is 6.31. The summed E-state index contributed by atoms with van der Waals surface area (Å²) in [4.78, 5) is 13.4. The molecule has 2 atom stereocenters. The zero-order chi connectivity index (χ0) is 15.8. The fourth-order valence-electron chi connectivity index (χ4n) is 2.98. The monoisotopic (exact) mass is 356 g/mol. The first-order chi connectivity index (χ1) is 10.6. The van der Waals surface area contributed by atoms with Crippen molar-refractivity contribution in [3.05, 3.63) is 30.3 Å². The zero-order valence-corrected chi connectivity index (χ0v) is 15.7. The van der Waals surface area contributed by atoms with E-state index in [4.69, 9.17) is 0 Å². The van der Waals surface area contributed by atoms with Crippen molar-refractivity contribution >= 4 is 30.1 Å². The Balaban J connectivity index is 0.00000264. The summed E-state index contributed by atoms with van der Waals surface area (Å²) in [7, 11) is 0. The largest absolute Gasteiger partial charge is 0.355 e. The van der Waals surface area contributed by atoms with Crippen LogP contribution in [0, 0.1) is 11.8 Å². The standard InChI is InChI=1S/C18H28N2OS.ClH/c1-14(16-8-10-19-11-9-16)12-18(21)20-13-15(2)22-17-6-4-3-5-7-17;/h3-7,14-16,19H,8-13H2,1-2H3,(H,20,21);1H. The highest BCUT2D eigenvalue weighted by Gasteiger charge is 2.22. The molecule has 130 valence electrons. The van der Waals surface area contributed by atoms with Crippen LogP contribution >= 0.6 is 24.2 Å². The molecule has 3 nitrogen and oxygen atoms in total. The first-order valence-corrected chi connectivity index (χ1v) is 9.22. The molecule has 5 heteroatoms. The van der Waals surface area contributed by atoms with Gasteiger partial charge in [0.15, 0.2) is 0 Å². The van der Waals surface area contributed by atoms with E-state index in [1.807, 2.05) is 30.0 Å². The summed E-state index contributed by atoms with van der Waals surface area (Å²) in [5.41, 5.74) is 0. The van der Waals surface area contributed by atoms with E-state index in [0.29, 0.717) is 23.5 Å². The average Bonchev–Trinajstić information content (AvgIpc) is 2.55. The summed E-state index contributed by atoms with van der Waals surface area (Å²) in [6.07, 6.45) is 3.07. The maximum absolute atomic E-state index is 12.1. The van der Waals surface area contributed by atoms with Gasteiger partial charge < -0.3 is 10.6 Å². The highest BCUT2D eigenvalue weighted by Crippen LogP contribution is 2.24. The third-order valence-electron chi connectivity index (χ3n) is 4.36. The minimum atomic E-state index is 0. The molecule has 1 aliphatic rings. The SMILES string of the molecule is CC(CNC(=O)CC(C)C1CCNCC1)Sc1ccccc1.Cl. The Bertz CT molecular complexity index is 452. The van der Waals surface area contributed by atoms with Gasteiger partial charge in [0, 0.05) is 23.1 Å². The van der Waals surface area contributed by atoms with Gasteiger partial charge >= 0.3 is 0 Å². The molecular formula is C18H29ClN2OS. The number of nitrogens with one attached hydrogen (secondary N) is 2. The predicted molar refractivity (Wildman–Crippen MR) is 101 cm³/mol. The average molecular weight is 357 g/mol. The van der Waals surface area contributed by atoms with Crippen molar-refractivity contribution in [1.29, 1.82) is 0 Å². The molecule has 1 aromatic rings. The Hall–Kier alpha value is -0.710. The van der Waals surface area contributed by atoms with Crippen LogP contribution in [0.15, 0.2) is 35.2 Å². The molecule has 1 fully saturated rings. The van der Waals surface area contributed by atoms with Gasteiger partial charge in [0.2, 0.25) is 5.91 Å². The summed E-state index contributed by atoms with van der Waals surface area (Å²) in [5.74, 6) is 1.38. The van der Waals surface area contributed by atoms with Gasteiger partial charge in [-0.25, -0.2) is 0 Å². The van der Waals surface area contributed by atoms with Crippen molar-refractivity contribution in [1.82, 2.24) is 10.6 Å². The maximum Gasteiger partial charge on any atom is 0.220 e. The van der Waals surface area contributed by atoms with E-state index in [-0.39, 0.29) is 18.3 Å². The van der Waals surface area contributed by atoms with Crippen LogP contribution in [0.4, 0.5) is 0 Å². The van der Waals surface area contributed by atoms with Gasteiger partial charge in [-0.05, 0) is 49.9 Å². The molecule has 2 unspecified atom stereocenters. The second-order valence-corrected chi connectivity index (χ2v) is 7.83. The highest BCUT2D eigenvalue weighted by atomic mass is 35.5. The summed E-state index contributed by atoms with van der Waals surface area (Å²) < 4.78 is 0. The van der Waals surface area contributed by atoms with Crippen LogP contribution < -0.4 is 10.6 Å². The molecule has 1 saturated heterocycles. The second kappa shape index (κ2) is 11.0. The van der Waals surface area contributed by atoms with Crippen molar-refractivity contribution < 1.29 is 4.79 Å². The summed E-state index contributed by atoms with van der Waals surface area (Å²) in [5, 5.41) is 6.87. The van der Waals surface area contributed by atoms with Gasteiger partial charge in [0.05, 0.1) is 0 Å². The Morgan fingerprint density at radius 2 is 1.91 bits per heavy atom. The number of piperidine rings is 1. The Morgan fingerprint density at radius 3 is 2.57 bits per heavy atom. The third kappa shape index (κ3) is 7.60. The van der Waals surface area contributed by atoms with Crippen LogP contribution in [0.1, 0.15) is 33.1 Å². The Morgan fingerprint density at radius 1 is 1.26 bits per heavy atom. The summed E-state index contributed by atoms with van der Waals surface area (Å²) in [6.45, 7) is 7.31. The normalized spacial score (nSPS) is 17.8. The minimum absolute atomic E-state index is 0. The van der Waals surface area contributed by atoms with Crippen molar-refractivity contribution in [2.24, 2.45) is 11.8 Å². The molecule has 0 bridgehead atoms. The number of thioether (sulfide) groups is 1. The molecule has 1 amide bonds. The molecular weight excluding hydrogens is 328 g/mol. The van der Waals surface area contributed by atoms with Crippen LogP contribution in [0.2, 0.25) is 0 Å². The zero-order valence-electron chi connectivity index (χ0n) is 14.1. The van der Waals surface area contributed by atoms with Gasteiger partial charge in [-0.15, -0.1) is 24.2 Å². The number of halogens is 1. The molecule has 1 aromatic carbocycles. The van der Waals surface area contributed by atoms with E-state index in [0.717, 1.165) is 19.6 Å². The van der Waals surface area contributed by atoms with E-state index >= 15 is 0 Å². The summed E-state index contributed by atoms with van der Waals surface area (Å²) in [6, 6.07) is 10.4. The Kier molecular flexibility index (Phi) is 9.68. The smallest absolute Gasteiger partial charge is 0.220 e. The van der Waals surface area contributed by atoms with E-state index < -0.39 is 0 Å². The van der Waals surface area contributed by atoms with E-state index in [9.17, 15) is 4.79 Å². The molecule has 0 aliphatic carbocycles. The van der Waals surface area contributed by atoms with Gasteiger partial charge in [-0.2, -0.15) is 0 Å². The minimum Gasteiger partial charge on any atom is -0.355 e. The van der Waals surface area contributed by atoms with Crippen LogP contribution in [-0.2, 0) is 4.79 Å².